The highest BCUT2D eigenvalue weighted by Gasteiger charge is 2.33. The fraction of sp³-hybridized carbons (Fsp3) is 0.286. The predicted octanol–water partition coefficient (Wildman–Crippen LogP) is 1.80. The fourth-order valence-corrected chi connectivity index (χ4v) is 2.14. The molecule has 1 heterocycles. The number of nitrogens with zero attached hydrogens (tertiary/aromatic N) is 2. The number of anilines is 1. The molecule has 98 valence electrons. The van der Waals surface area contributed by atoms with Crippen molar-refractivity contribution in [2.75, 3.05) is 5.73 Å². The Morgan fingerprint density at radius 2 is 2.16 bits per heavy atom. The number of carbonyl (C=O) groups excluding carboxylic acids is 1. The fourth-order valence-electron chi connectivity index (χ4n) is 2.14. The molecule has 1 aliphatic rings. The molecule has 1 amide bonds. The first-order chi connectivity index (χ1) is 9.25. The molecule has 1 aromatic carbocycles. The van der Waals surface area contributed by atoms with Crippen LogP contribution in [0.15, 0.2) is 36.5 Å². The van der Waals surface area contributed by atoms with E-state index < -0.39 is 0 Å². The van der Waals surface area contributed by atoms with Crippen molar-refractivity contribution in [2.24, 2.45) is 0 Å². The Morgan fingerprint density at radius 3 is 2.79 bits per heavy atom. The highest BCUT2D eigenvalue weighted by molar-refractivity contribution is 5.92. The second-order valence-electron chi connectivity index (χ2n) is 4.83. The van der Waals surface area contributed by atoms with Gasteiger partial charge in [0.2, 0.25) is 0 Å². The normalized spacial score (nSPS) is 14.3. The minimum atomic E-state index is -0.0109. The van der Waals surface area contributed by atoms with Crippen LogP contribution in [0, 0.1) is 0 Å². The van der Waals surface area contributed by atoms with Crippen LogP contribution >= 0.6 is 0 Å². The van der Waals surface area contributed by atoms with E-state index in [0.717, 1.165) is 24.1 Å². The number of benzene rings is 1. The van der Waals surface area contributed by atoms with Gasteiger partial charge in [-0.2, -0.15) is 5.10 Å². The summed E-state index contributed by atoms with van der Waals surface area (Å²) >= 11 is 0. The number of nitrogens with two attached hydrogens (primary N) is 1. The Bertz CT molecular complexity index is 575. The highest BCUT2D eigenvalue weighted by Crippen LogP contribution is 2.30. The van der Waals surface area contributed by atoms with Gasteiger partial charge in [0.1, 0.15) is 5.69 Å². The first-order valence-corrected chi connectivity index (χ1v) is 6.39. The van der Waals surface area contributed by atoms with Gasteiger partial charge >= 0.3 is 0 Å². The molecule has 1 aromatic heterocycles. The maximum Gasteiger partial charge on any atom is 0.272 e. The summed E-state index contributed by atoms with van der Waals surface area (Å²) in [6.45, 7) is 0.551. The Labute approximate surface area is 111 Å². The number of nitrogens with one attached hydrogen (secondary N) is 1. The van der Waals surface area contributed by atoms with Gasteiger partial charge in [-0.3, -0.25) is 9.89 Å². The molecular weight excluding hydrogens is 240 g/mol. The van der Waals surface area contributed by atoms with E-state index in [4.69, 9.17) is 5.73 Å². The number of carbonyl (C=O) groups is 1. The number of aromatic nitrogens is 2. The van der Waals surface area contributed by atoms with Gasteiger partial charge in [0.05, 0.1) is 0 Å². The third-order valence-electron chi connectivity index (χ3n) is 3.38. The zero-order chi connectivity index (χ0) is 13.2. The van der Waals surface area contributed by atoms with Crippen molar-refractivity contribution in [2.45, 2.75) is 25.4 Å². The van der Waals surface area contributed by atoms with Crippen LogP contribution in [0.1, 0.15) is 28.9 Å². The highest BCUT2D eigenvalue weighted by atomic mass is 16.2. The second-order valence-corrected chi connectivity index (χ2v) is 4.83. The summed E-state index contributed by atoms with van der Waals surface area (Å²) < 4.78 is 0. The molecule has 3 N–H and O–H groups in total. The molecule has 0 aliphatic heterocycles. The first-order valence-electron chi connectivity index (χ1n) is 6.39. The van der Waals surface area contributed by atoms with E-state index in [0.29, 0.717) is 18.3 Å². The van der Waals surface area contributed by atoms with Crippen LogP contribution in [-0.2, 0) is 6.54 Å². The van der Waals surface area contributed by atoms with Gasteiger partial charge in [0.25, 0.3) is 5.91 Å². The van der Waals surface area contributed by atoms with Crippen LogP contribution in [0.3, 0.4) is 0 Å². The van der Waals surface area contributed by atoms with Crippen LogP contribution in [0.4, 0.5) is 5.69 Å². The number of hydrogen-bond acceptors (Lipinski definition) is 3. The zero-order valence-electron chi connectivity index (χ0n) is 10.5. The topological polar surface area (TPSA) is 75.0 Å². The lowest BCUT2D eigenvalue weighted by Crippen LogP contribution is -2.33. The second kappa shape index (κ2) is 4.76. The van der Waals surface area contributed by atoms with E-state index >= 15 is 0 Å². The third-order valence-corrected chi connectivity index (χ3v) is 3.38. The molecule has 19 heavy (non-hydrogen) atoms. The van der Waals surface area contributed by atoms with Gasteiger partial charge < -0.3 is 10.6 Å². The summed E-state index contributed by atoms with van der Waals surface area (Å²) in [7, 11) is 0. The Morgan fingerprint density at radius 1 is 1.37 bits per heavy atom. The van der Waals surface area contributed by atoms with Gasteiger partial charge in [0, 0.05) is 24.5 Å². The number of nitrogen functional groups attached to an aromatic ring is 1. The number of rotatable bonds is 4. The van der Waals surface area contributed by atoms with Crippen molar-refractivity contribution >= 4 is 11.6 Å². The number of H-pyrrole nitrogens is 1. The van der Waals surface area contributed by atoms with Crippen molar-refractivity contribution in [1.29, 1.82) is 0 Å². The lowest BCUT2D eigenvalue weighted by Gasteiger charge is -2.22. The Balaban J connectivity index is 1.82. The molecule has 0 unspecified atom stereocenters. The van der Waals surface area contributed by atoms with Crippen molar-refractivity contribution in [1.82, 2.24) is 15.1 Å². The minimum absolute atomic E-state index is 0.0109. The van der Waals surface area contributed by atoms with Crippen molar-refractivity contribution in [3.8, 4) is 0 Å². The predicted molar refractivity (Wildman–Crippen MR) is 72.3 cm³/mol. The van der Waals surface area contributed by atoms with E-state index in [9.17, 15) is 4.79 Å². The summed E-state index contributed by atoms with van der Waals surface area (Å²) in [5, 5.41) is 6.56. The maximum absolute atomic E-state index is 12.4. The van der Waals surface area contributed by atoms with E-state index in [1.54, 1.807) is 12.3 Å². The first kappa shape index (κ1) is 11.8. The average Bonchev–Trinajstić information content (AvgIpc) is 3.11. The smallest absolute Gasteiger partial charge is 0.272 e. The monoisotopic (exact) mass is 256 g/mol. The molecule has 0 spiro atoms. The zero-order valence-corrected chi connectivity index (χ0v) is 10.5. The van der Waals surface area contributed by atoms with Crippen molar-refractivity contribution in [3.05, 3.63) is 47.8 Å². The molecule has 1 aliphatic carbocycles. The van der Waals surface area contributed by atoms with E-state index in [2.05, 4.69) is 10.2 Å². The van der Waals surface area contributed by atoms with E-state index in [-0.39, 0.29) is 5.91 Å². The summed E-state index contributed by atoms with van der Waals surface area (Å²) in [4.78, 5) is 14.3. The Hall–Kier alpha value is -2.30. The molecular formula is C14H16N4O. The molecule has 5 heteroatoms. The molecule has 3 rings (SSSR count). The molecule has 2 aromatic rings. The maximum atomic E-state index is 12.4. The number of para-hydroxylation sites is 1. The molecule has 1 saturated carbocycles. The van der Waals surface area contributed by atoms with Gasteiger partial charge in [-0.25, -0.2) is 0 Å². The summed E-state index contributed by atoms with van der Waals surface area (Å²) in [5.74, 6) is -0.0109. The summed E-state index contributed by atoms with van der Waals surface area (Å²) in [6.07, 6.45) is 3.72. The average molecular weight is 256 g/mol. The van der Waals surface area contributed by atoms with Gasteiger partial charge in [-0.1, -0.05) is 18.2 Å². The quantitative estimate of drug-likeness (QED) is 0.819. The summed E-state index contributed by atoms with van der Waals surface area (Å²) in [5.41, 5.74) is 8.19. The van der Waals surface area contributed by atoms with Crippen LogP contribution < -0.4 is 5.73 Å². The molecule has 0 bridgehead atoms. The lowest BCUT2D eigenvalue weighted by molar-refractivity contribution is 0.0724. The third kappa shape index (κ3) is 2.45. The van der Waals surface area contributed by atoms with Crippen LogP contribution in [-0.4, -0.2) is 27.0 Å². The minimum Gasteiger partial charge on any atom is -0.398 e. The molecule has 0 atom stereocenters. The van der Waals surface area contributed by atoms with Crippen LogP contribution in [0.5, 0.6) is 0 Å². The molecule has 0 radical (unpaired) electrons. The van der Waals surface area contributed by atoms with Gasteiger partial charge in [-0.15, -0.1) is 0 Å². The lowest BCUT2D eigenvalue weighted by atomic mass is 10.1. The van der Waals surface area contributed by atoms with Crippen molar-refractivity contribution in [3.63, 3.8) is 0 Å². The number of aromatic amines is 1. The van der Waals surface area contributed by atoms with E-state index in [1.165, 1.54) is 0 Å². The molecule has 5 nitrogen and oxygen atoms in total. The standard InChI is InChI=1S/C14H16N4O/c15-12-4-2-1-3-10(12)9-18(11-5-6-11)14(19)13-7-8-16-17-13/h1-4,7-8,11H,5-6,9,15H2,(H,16,17). The molecule has 0 saturated heterocycles. The number of hydrogen-bond donors (Lipinski definition) is 2. The SMILES string of the molecule is Nc1ccccc1CN(C(=O)c1ccn[nH]1)C1CC1. The largest absolute Gasteiger partial charge is 0.398 e. The Kier molecular flexibility index (Phi) is 2.95. The van der Waals surface area contributed by atoms with Crippen LogP contribution in [0.25, 0.3) is 0 Å². The summed E-state index contributed by atoms with van der Waals surface area (Å²) in [6, 6.07) is 9.70. The van der Waals surface area contributed by atoms with Gasteiger partial charge in [-0.05, 0) is 30.5 Å². The van der Waals surface area contributed by atoms with Crippen molar-refractivity contribution < 1.29 is 4.79 Å². The van der Waals surface area contributed by atoms with Crippen LogP contribution in [0.2, 0.25) is 0 Å². The number of amides is 1. The molecule has 1 fully saturated rings. The van der Waals surface area contributed by atoms with E-state index in [1.807, 2.05) is 29.2 Å². The van der Waals surface area contributed by atoms with Gasteiger partial charge in [0.15, 0.2) is 0 Å².